The van der Waals surface area contributed by atoms with Crippen LogP contribution in [0.1, 0.15) is 36.7 Å². The van der Waals surface area contributed by atoms with Crippen molar-refractivity contribution in [2.24, 2.45) is 0 Å². The molecule has 0 fully saturated rings. The number of hydrogen-bond donors (Lipinski definition) is 1. The molecular formula is C23H32N2O4. The van der Waals surface area contributed by atoms with Crippen molar-refractivity contribution in [3.8, 4) is 17.2 Å². The number of amides is 1. The van der Waals surface area contributed by atoms with E-state index in [4.69, 9.17) is 14.2 Å². The lowest BCUT2D eigenvalue weighted by Crippen LogP contribution is -2.38. The summed E-state index contributed by atoms with van der Waals surface area (Å²) >= 11 is 0. The molecular weight excluding hydrogens is 368 g/mol. The van der Waals surface area contributed by atoms with Gasteiger partial charge in [-0.15, -0.1) is 0 Å². The van der Waals surface area contributed by atoms with Crippen molar-refractivity contribution >= 4 is 5.91 Å². The highest BCUT2D eigenvalue weighted by Crippen LogP contribution is 2.39. The molecule has 2 rings (SSSR count). The lowest BCUT2D eigenvalue weighted by molar-refractivity contribution is 0.0945. The molecule has 6 nitrogen and oxygen atoms in total. The number of likely N-dealkylation sites (N-methyl/N-ethyl adjacent to an activating group) is 1. The fourth-order valence-corrected chi connectivity index (χ4v) is 3.08. The van der Waals surface area contributed by atoms with Crippen LogP contribution in [0.15, 0.2) is 42.5 Å². The van der Waals surface area contributed by atoms with Crippen molar-refractivity contribution in [3.05, 3.63) is 53.6 Å². The molecule has 0 aliphatic carbocycles. The summed E-state index contributed by atoms with van der Waals surface area (Å²) in [5, 5.41) is 2.97. The summed E-state index contributed by atoms with van der Waals surface area (Å²) in [6.07, 6.45) is 0. The van der Waals surface area contributed by atoms with Crippen molar-refractivity contribution in [2.75, 3.05) is 33.9 Å². The van der Waals surface area contributed by atoms with Gasteiger partial charge in [0.25, 0.3) is 5.91 Å². The first-order valence-electron chi connectivity index (χ1n) is 9.95. The van der Waals surface area contributed by atoms with Gasteiger partial charge >= 0.3 is 0 Å². The topological polar surface area (TPSA) is 60.0 Å². The summed E-state index contributed by atoms with van der Waals surface area (Å²) in [6, 6.07) is 13.6. The van der Waals surface area contributed by atoms with E-state index in [1.54, 1.807) is 26.4 Å². The van der Waals surface area contributed by atoms with E-state index in [1.807, 2.05) is 30.3 Å². The number of carbonyl (C=O) groups is 1. The Morgan fingerprint density at radius 3 is 2.21 bits per heavy atom. The summed E-state index contributed by atoms with van der Waals surface area (Å²) in [5.74, 6) is 1.23. The third kappa shape index (κ3) is 6.39. The second-order valence-corrected chi connectivity index (χ2v) is 6.96. The number of rotatable bonds is 11. The number of carbonyl (C=O) groups excluding carboxylic acids is 1. The highest BCUT2D eigenvalue weighted by atomic mass is 16.5. The van der Waals surface area contributed by atoms with Crippen molar-refractivity contribution in [1.29, 1.82) is 0 Å². The first-order valence-corrected chi connectivity index (χ1v) is 9.95. The van der Waals surface area contributed by atoms with E-state index in [2.05, 4.69) is 31.0 Å². The summed E-state index contributed by atoms with van der Waals surface area (Å²) < 4.78 is 16.9. The zero-order valence-corrected chi connectivity index (χ0v) is 18.0. The van der Waals surface area contributed by atoms with Gasteiger partial charge in [0, 0.05) is 24.7 Å². The number of nitrogens with one attached hydrogen (secondary N) is 1. The normalized spacial score (nSPS) is 10.9. The molecule has 0 heterocycles. The molecule has 158 valence electrons. The van der Waals surface area contributed by atoms with Gasteiger partial charge in [0.2, 0.25) is 5.75 Å². The van der Waals surface area contributed by atoms with Crippen molar-refractivity contribution in [1.82, 2.24) is 10.2 Å². The van der Waals surface area contributed by atoms with E-state index in [-0.39, 0.29) is 5.91 Å². The van der Waals surface area contributed by atoms with Gasteiger partial charge in [-0.3, -0.25) is 9.69 Å². The molecule has 0 bridgehead atoms. The molecule has 2 aromatic rings. The third-order valence-electron chi connectivity index (χ3n) is 4.77. The van der Waals surface area contributed by atoms with Gasteiger partial charge in [-0.25, -0.2) is 0 Å². The van der Waals surface area contributed by atoms with E-state index in [0.29, 0.717) is 42.0 Å². The van der Waals surface area contributed by atoms with E-state index < -0.39 is 0 Å². The molecule has 2 aromatic carbocycles. The van der Waals surface area contributed by atoms with Gasteiger partial charge in [0.15, 0.2) is 11.5 Å². The fraction of sp³-hybridized carbons (Fsp3) is 0.435. The van der Waals surface area contributed by atoms with Crippen LogP contribution in [0.2, 0.25) is 0 Å². The zero-order valence-electron chi connectivity index (χ0n) is 18.0. The Morgan fingerprint density at radius 1 is 1.07 bits per heavy atom. The number of methoxy groups -OCH3 is 2. The van der Waals surface area contributed by atoms with E-state index in [9.17, 15) is 4.79 Å². The van der Waals surface area contributed by atoms with Gasteiger partial charge in [-0.05, 0) is 38.1 Å². The van der Waals surface area contributed by atoms with Gasteiger partial charge in [-0.1, -0.05) is 37.3 Å². The first kappa shape index (κ1) is 22.6. The second kappa shape index (κ2) is 11.3. The zero-order chi connectivity index (χ0) is 21.2. The van der Waals surface area contributed by atoms with Crippen LogP contribution < -0.4 is 19.5 Å². The fourth-order valence-electron chi connectivity index (χ4n) is 3.08. The standard InChI is InChI=1S/C23H32N2O4/c1-6-25(17(2)3)13-12-24-23(26)19-14-20(27-4)22(21(15-19)28-5)29-16-18-10-8-7-9-11-18/h7-11,14-15,17H,6,12-13,16H2,1-5H3,(H,24,26). The Balaban J connectivity index is 2.10. The predicted molar refractivity (Wildman–Crippen MR) is 115 cm³/mol. The van der Waals surface area contributed by atoms with Crippen LogP contribution in [-0.2, 0) is 6.61 Å². The quantitative estimate of drug-likeness (QED) is 0.623. The summed E-state index contributed by atoms with van der Waals surface area (Å²) in [5.41, 5.74) is 1.50. The Bertz CT molecular complexity index is 753. The van der Waals surface area contributed by atoms with E-state index in [0.717, 1.165) is 18.7 Å². The van der Waals surface area contributed by atoms with Crippen LogP contribution in [0.5, 0.6) is 17.2 Å². The summed E-state index contributed by atoms with van der Waals surface area (Å²) in [7, 11) is 3.10. The average Bonchev–Trinajstić information content (AvgIpc) is 2.74. The van der Waals surface area contributed by atoms with Crippen LogP contribution in [0, 0.1) is 0 Å². The molecule has 0 aliphatic heterocycles. The molecule has 1 N–H and O–H groups in total. The number of benzene rings is 2. The third-order valence-corrected chi connectivity index (χ3v) is 4.77. The summed E-state index contributed by atoms with van der Waals surface area (Å²) in [4.78, 5) is 14.9. The second-order valence-electron chi connectivity index (χ2n) is 6.96. The van der Waals surface area contributed by atoms with Crippen LogP contribution in [0.3, 0.4) is 0 Å². The molecule has 0 aliphatic rings. The highest BCUT2D eigenvalue weighted by molar-refractivity contribution is 5.95. The highest BCUT2D eigenvalue weighted by Gasteiger charge is 2.18. The maximum atomic E-state index is 12.6. The molecule has 6 heteroatoms. The summed E-state index contributed by atoms with van der Waals surface area (Å²) in [6.45, 7) is 9.11. The average molecular weight is 401 g/mol. The predicted octanol–water partition coefficient (Wildman–Crippen LogP) is 3.74. The lowest BCUT2D eigenvalue weighted by atomic mass is 10.1. The molecule has 0 unspecified atom stereocenters. The van der Waals surface area contributed by atoms with Gasteiger partial charge in [0.05, 0.1) is 14.2 Å². The molecule has 0 atom stereocenters. The van der Waals surface area contributed by atoms with Crippen LogP contribution in [-0.4, -0.2) is 50.7 Å². The molecule has 0 aromatic heterocycles. The van der Waals surface area contributed by atoms with Gasteiger partial charge < -0.3 is 19.5 Å². The van der Waals surface area contributed by atoms with Crippen molar-refractivity contribution in [2.45, 2.75) is 33.4 Å². The minimum absolute atomic E-state index is 0.170. The van der Waals surface area contributed by atoms with E-state index in [1.165, 1.54) is 0 Å². The Morgan fingerprint density at radius 2 is 1.69 bits per heavy atom. The Kier molecular flexibility index (Phi) is 8.80. The van der Waals surface area contributed by atoms with Crippen molar-refractivity contribution in [3.63, 3.8) is 0 Å². The maximum Gasteiger partial charge on any atom is 0.251 e. The largest absolute Gasteiger partial charge is 0.493 e. The monoisotopic (exact) mass is 400 g/mol. The molecule has 0 radical (unpaired) electrons. The van der Waals surface area contributed by atoms with Crippen molar-refractivity contribution < 1.29 is 19.0 Å². The number of hydrogen-bond acceptors (Lipinski definition) is 5. The maximum absolute atomic E-state index is 12.6. The minimum atomic E-state index is -0.170. The molecule has 0 saturated carbocycles. The van der Waals surface area contributed by atoms with Gasteiger partial charge in [-0.2, -0.15) is 0 Å². The van der Waals surface area contributed by atoms with Gasteiger partial charge in [0.1, 0.15) is 6.61 Å². The van der Waals surface area contributed by atoms with Crippen LogP contribution in [0.25, 0.3) is 0 Å². The Hall–Kier alpha value is -2.73. The molecule has 0 spiro atoms. The molecule has 1 amide bonds. The SMILES string of the molecule is CCN(CCNC(=O)c1cc(OC)c(OCc2ccccc2)c(OC)c1)C(C)C. The van der Waals surface area contributed by atoms with Crippen LogP contribution in [0.4, 0.5) is 0 Å². The smallest absolute Gasteiger partial charge is 0.251 e. The van der Waals surface area contributed by atoms with E-state index >= 15 is 0 Å². The number of ether oxygens (including phenoxy) is 3. The molecule has 29 heavy (non-hydrogen) atoms. The van der Waals surface area contributed by atoms with Crippen LogP contribution >= 0.6 is 0 Å². The first-order chi connectivity index (χ1) is 14.0. The Labute approximate surface area is 173 Å². The minimum Gasteiger partial charge on any atom is -0.493 e. The molecule has 0 saturated heterocycles. The lowest BCUT2D eigenvalue weighted by Gasteiger charge is -2.24. The number of nitrogens with zero attached hydrogens (tertiary/aromatic N) is 1.